The van der Waals surface area contributed by atoms with Gasteiger partial charge in [-0.25, -0.2) is 0 Å². The van der Waals surface area contributed by atoms with Crippen molar-refractivity contribution in [2.24, 2.45) is 5.92 Å². The first-order chi connectivity index (χ1) is 13.2. The van der Waals surface area contributed by atoms with E-state index in [0.29, 0.717) is 18.9 Å². The highest BCUT2D eigenvalue weighted by atomic mass is 16.5. The second-order valence-corrected chi connectivity index (χ2v) is 6.25. The first-order valence-corrected chi connectivity index (χ1v) is 8.64. The number of amides is 1. The van der Waals surface area contributed by atoms with E-state index in [4.69, 9.17) is 9.47 Å². The smallest absolute Gasteiger partial charge is 0.227 e. The lowest BCUT2D eigenvalue weighted by Crippen LogP contribution is -2.37. The van der Waals surface area contributed by atoms with Crippen LogP contribution in [0.4, 0.5) is 0 Å². The van der Waals surface area contributed by atoms with Crippen molar-refractivity contribution in [2.45, 2.75) is 13.0 Å². The number of ether oxygens (including phenoxy) is 2. The molecule has 2 aromatic carbocycles. The fourth-order valence-electron chi connectivity index (χ4n) is 3.04. The minimum atomic E-state index is -0.257. The van der Waals surface area contributed by atoms with E-state index in [1.54, 1.807) is 11.8 Å². The second kappa shape index (κ2) is 7.45. The van der Waals surface area contributed by atoms with Gasteiger partial charge in [0.05, 0.1) is 25.3 Å². The normalized spacial score (nSPS) is 15.5. The van der Waals surface area contributed by atoms with E-state index in [0.717, 1.165) is 22.7 Å². The second-order valence-electron chi connectivity index (χ2n) is 6.25. The molecule has 1 atom stereocenters. The maximum Gasteiger partial charge on any atom is 0.227 e. The predicted molar refractivity (Wildman–Crippen MR) is 96.7 cm³/mol. The number of nitrogens with one attached hydrogen (secondary N) is 1. The number of tetrazole rings is 1. The molecule has 0 spiro atoms. The first-order valence-electron chi connectivity index (χ1n) is 8.64. The maximum atomic E-state index is 12.6. The lowest BCUT2D eigenvalue weighted by atomic mass is 9.96. The molecule has 1 amide bonds. The Morgan fingerprint density at radius 1 is 1.30 bits per heavy atom. The molecule has 4 rings (SSSR count). The molecule has 0 bridgehead atoms. The summed E-state index contributed by atoms with van der Waals surface area (Å²) in [6.45, 7) is 0.572. The Morgan fingerprint density at radius 2 is 2.15 bits per heavy atom. The molecule has 1 aliphatic rings. The number of nitrogens with zero attached hydrogens (tertiary/aromatic N) is 4. The third kappa shape index (κ3) is 3.59. The average molecular weight is 365 g/mol. The third-order valence-electron chi connectivity index (χ3n) is 4.51. The van der Waals surface area contributed by atoms with Gasteiger partial charge in [0.1, 0.15) is 18.1 Å². The van der Waals surface area contributed by atoms with Gasteiger partial charge in [0, 0.05) is 6.07 Å². The van der Waals surface area contributed by atoms with E-state index >= 15 is 0 Å². The van der Waals surface area contributed by atoms with Gasteiger partial charge in [-0.3, -0.25) is 4.79 Å². The van der Waals surface area contributed by atoms with Crippen LogP contribution in [0, 0.1) is 5.92 Å². The molecular formula is C19H19N5O3. The van der Waals surface area contributed by atoms with Crippen molar-refractivity contribution < 1.29 is 14.3 Å². The zero-order valence-corrected chi connectivity index (χ0v) is 14.8. The van der Waals surface area contributed by atoms with Gasteiger partial charge in [-0.1, -0.05) is 24.3 Å². The molecule has 1 aromatic heterocycles. The van der Waals surface area contributed by atoms with Crippen molar-refractivity contribution in [2.75, 3.05) is 13.7 Å². The van der Waals surface area contributed by atoms with Crippen molar-refractivity contribution in [1.82, 2.24) is 25.5 Å². The van der Waals surface area contributed by atoms with Crippen LogP contribution < -0.4 is 14.8 Å². The van der Waals surface area contributed by atoms with E-state index in [1.807, 2.05) is 48.5 Å². The van der Waals surface area contributed by atoms with Crippen molar-refractivity contribution in [3.05, 3.63) is 59.9 Å². The molecular weight excluding hydrogens is 346 g/mol. The number of hydrogen-bond donors (Lipinski definition) is 1. The Kier molecular flexibility index (Phi) is 4.69. The maximum absolute atomic E-state index is 12.6. The first kappa shape index (κ1) is 17.0. The molecule has 0 fully saturated rings. The number of para-hydroxylation sites is 1. The zero-order chi connectivity index (χ0) is 18.6. The van der Waals surface area contributed by atoms with Gasteiger partial charge in [-0.05, 0) is 40.6 Å². The van der Waals surface area contributed by atoms with Gasteiger partial charge in [-0.15, -0.1) is 5.10 Å². The molecule has 0 saturated heterocycles. The van der Waals surface area contributed by atoms with Crippen molar-refractivity contribution in [3.63, 3.8) is 0 Å². The van der Waals surface area contributed by atoms with E-state index in [-0.39, 0.29) is 18.4 Å². The topological polar surface area (TPSA) is 91.2 Å². The van der Waals surface area contributed by atoms with Gasteiger partial charge in [0.2, 0.25) is 5.91 Å². The monoisotopic (exact) mass is 365 g/mol. The lowest BCUT2D eigenvalue weighted by molar-refractivity contribution is -0.126. The highest BCUT2D eigenvalue weighted by molar-refractivity contribution is 5.79. The Morgan fingerprint density at radius 3 is 2.96 bits per heavy atom. The Hall–Kier alpha value is -3.42. The fourth-order valence-corrected chi connectivity index (χ4v) is 3.04. The molecule has 0 saturated carbocycles. The van der Waals surface area contributed by atoms with Gasteiger partial charge >= 0.3 is 0 Å². The zero-order valence-electron chi connectivity index (χ0n) is 14.8. The quantitative estimate of drug-likeness (QED) is 0.737. The summed E-state index contributed by atoms with van der Waals surface area (Å²) in [5.74, 6) is 1.73. The number of carbonyl (C=O) groups is 1. The SMILES string of the molecule is COc1ccc2c(c1)OCC(C(=O)NCc1nnnn1-c1ccccc1)C2. The average Bonchev–Trinajstić information content (AvgIpc) is 3.20. The summed E-state index contributed by atoms with van der Waals surface area (Å²) in [5.41, 5.74) is 1.84. The number of methoxy groups -OCH3 is 1. The van der Waals surface area contributed by atoms with E-state index < -0.39 is 0 Å². The highest BCUT2D eigenvalue weighted by Gasteiger charge is 2.26. The van der Waals surface area contributed by atoms with E-state index in [1.165, 1.54) is 0 Å². The van der Waals surface area contributed by atoms with Crippen molar-refractivity contribution >= 4 is 5.91 Å². The Bertz CT molecular complexity index is 942. The highest BCUT2D eigenvalue weighted by Crippen LogP contribution is 2.31. The third-order valence-corrected chi connectivity index (χ3v) is 4.51. The molecule has 0 aliphatic carbocycles. The van der Waals surface area contributed by atoms with E-state index in [2.05, 4.69) is 20.8 Å². The largest absolute Gasteiger partial charge is 0.497 e. The lowest BCUT2D eigenvalue weighted by Gasteiger charge is -2.24. The molecule has 0 radical (unpaired) electrons. The van der Waals surface area contributed by atoms with Crippen molar-refractivity contribution in [1.29, 1.82) is 0 Å². The molecule has 1 unspecified atom stereocenters. The van der Waals surface area contributed by atoms with Crippen LogP contribution in [-0.4, -0.2) is 39.8 Å². The van der Waals surface area contributed by atoms with Gasteiger partial charge in [-0.2, -0.15) is 4.68 Å². The molecule has 27 heavy (non-hydrogen) atoms. The summed E-state index contributed by atoms with van der Waals surface area (Å²) in [6, 6.07) is 15.2. The van der Waals surface area contributed by atoms with Gasteiger partial charge < -0.3 is 14.8 Å². The molecule has 8 heteroatoms. The molecule has 1 N–H and O–H groups in total. The molecule has 3 aromatic rings. The summed E-state index contributed by atoms with van der Waals surface area (Å²) in [4.78, 5) is 12.6. The van der Waals surface area contributed by atoms with Crippen LogP contribution in [0.15, 0.2) is 48.5 Å². The number of rotatable bonds is 5. The van der Waals surface area contributed by atoms with Crippen LogP contribution in [-0.2, 0) is 17.8 Å². The summed E-state index contributed by atoms with van der Waals surface area (Å²) in [7, 11) is 1.61. The predicted octanol–water partition coefficient (Wildman–Crippen LogP) is 1.54. The van der Waals surface area contributed by atoms with Crippen LogP contribution in [0.2, 0.25) is 0 Å². The summed E-state index contributed by atoms with van der Waals surface area (Å²) >= 11 is 0. The van der Waals surface area contributed by atoms with Crippen LogP contribution in [0.1, 0.15) is 11.4 Å². The molecule has 138 valence electrons. The fraction of sp³-hybridized carbons (Fsp3) is 0.263. The van der Waals surface area contributed by atoms with E-state index in [9.17, 15) is 4.79 Å². The minimum Gasteiger partial charge on any atom is -0.497 e. The van der Waals surface area contributed by atoms with Crippen LogP contribution >= 0.6 is 0 Å². The minimum absolute atomic E-state index is 0.0842. The van der Waals surface area contributed by atoms with Crippen LogP contribution in [0.5, 0.6) is 11.5 Å². The number of aromatic nitrogens is 4. The molecule has 8 nitrogen and oxygen atoms in total. The standard InChI is InChI=1S/C19H19N5O3/c1-26-16-8-7-13-9-14(12-27-17(13)10-16)19(25)20-11-18-21-22-23-24(18)15-5-3-2-4-6-15/h2-8,10,14H,9,11-12H2,1H3,(H,20,25). The van der Waals surface area contributed by atoms with Gasteiger partial charge in [0.15, 0.2) is 5.82 Å². The number of fused-ring (bicyclic) bond motifs is 1. The summed E-state index contributed by atoms with van der Waals surface area (Å²) < 4.78 is 12.6. The van der Waals surface area contributed by atoms with Gasteiger partial charge in [0.25, 0.3) is 0 Å². The summed E-state index contributed by atoms with van der Waals surface area (Å²) in [5, 5.41) is 14.6. The summed E-state index contributed by atoms with van der Waals surface area (Å²) in [6.07, 6.45) is 0.620. The van der Waals surface area contributed by atoms with Crippen molar-refractivity contribution in [3.8, 4) is 17.2 Å². The van der Waals surface area contributed by atoms with Crippen LogP contribution in [0.3, 0.4) is 0 Å². The number of hydrogen-bond acceptors (Lipinski definition) is 6. The number of carbonyl (C=O) groups excluding carboxylic acids is 1. The Balaban J connectivity index is 1.40. The molecule has 2 heterocycles. The molecule has 1 aliphatic heterocycles. The Labute approximate surface area is 156 Å². The number of benzene rings is 2. The van der Waals surface area contributed by atoms with Crippen LogP contribution in [0.25, 0.3) is 5.69 Å².